The molecule has 0 aliphatic carbocycles. The number of nitrogens with one attached hydrogen (secondary N) is 2. The minimum absolute atomic E-state index is 0.0565. The summed E-state index contributed by atoms with van der Waals surface area (Å²) in [6, 6.07) is 5.62. The number of amides is 1. The molecular formula is C15H24N2O4. The third-order valence-corrected chi connectivity index (χ3v) is 2.79. The average Bonchev–Trinajstić information content (AvgIpc) is 2.50. The van der Waals surface area contributed by atoms with Gasteiger partial charge in [0, 0.05) is 20.2 Å². The normalized spacial score (nSPS) is 10.2. The van der Waals surface area contributed by atoms with Gasteiger partial charge in [-0.1, -0.05) is 6.07 Å². The van der Waals surface area contributed by atoms with E-state index in [1.807, 2.05) is 25.1 Å². The fourth-order valence-corrected chi connectivity index (χ4v) is 1.74. The number of rotatable bonds is 10. The van der Waals surface area contributed by atoms with E-state index in [1.165, 1.54) is 0 Å². The van der Waals surface area contributed by atoms with Crippen molar-refractivity contribution in [3.8, 4) is 11.5 Å². The predicted octanol–water partition coefficient (Wildman–Crippen LogP) is 0.946. The maximum Gasteiger partial charge on any atom is 0.234 e. The molecule has 0 aliphatic rings. The molecule has 1 aromatic rings. The monoisotopic (exact) mass is 296 g/mol. The third kappa shape index (κ3) is 6.46. The topological polar surface area (TPSA) is 68.8 Å². The lowest BCUT2D eigenvalue weighted by Gasteiger charge is -2.11. The lowest BCUT2D eigenvalue weighted by Crippen LogP contribution is -2.34. The van der Waals surface area contributed by atoms with Gasteiger partial charge < -0.3 is 24.8 Å². The molecule has 0 saturated heterocycles. The fourth-order valence-electron chi connectivity index (χ4n) is 1.74. The van der Waals surface area contributed by atoms with Crippen LogP contribution in [0.4, 0.5) is 0 Å². The molecule has 1 aromatic carbocycles. The van der Waals surface area contributed by atoms with Crippen LogP contribution in [0.3, 0.4) is 0 Å². The SMILES string of the molecule is CCOc1ccc(CNC(=O)CNCCOC)cc1OC. The highest BCUT2D eigenvalue weighted by molar-refractivity contribution is 5.77. The van der Waals surface area contributed by atoms with Crippen LogP contribution in [0.5, 0.6) is 11.5 Å². The van der Waals surface area contributed by atoms with E-state index in [0.717, 1.165) is 5.56 Å². The van der Waals surface area contributed by atoms with Gasteiger partial charge in [0.25, 0.3) is 0 Å². The largest absolute Gasteiger partial charge is 0.493 e. The highest BCUT2D eigenvalue weighted by Crippen LogP contribution is 2.27. The Morgan fingerprint density at radius 2 is 2.05 bits per heavy atom. The van der Waals surface area contributed by atoms with Gasteiger partial charge in [0.1, 0.15) is 0 Å². The Labute approximate surface area is 125 Å². The second kappa shape index (κ2) is 10.0. The zero-order valence-corrected chi connectivity index (χ0v) is 12.9. The Hall–Kier alpha value is -1.79. The van der Waals surface area contributed by atoms with Crippen LogP contribution in [-0.2, 0) is 16.1 Å². The van der Waals surface area contributed by atoms with Gasteiger partial charge in [-0.05, 0) is 24.6 Å². The second-order valence-electron chi connectivity index (χ2n) is 4.36. The predicted molar refractivity (Wildman–Crippen MR) is 80.8 cm³/mol. The molecule has 0 aromatic heterocycles. The van der Waals surface area contributed by atoms with Crippen LogP contribution >= 0.6 is 0 Å². The van der Waals surface area contributed by atoms with E-state index in [0.29, 0.717) is 37.8 Å². The quantitative estimate of drug-likeness (QED) is 0.629. The zero-order valence-electron chi connectivity index (χ0n) is 12.9. The number of carbonyl (C=O) groups is 1. The molecule has 0 fully saturated rings. The molecule has 6 nitrogen and oxygen atoms in total. The van der Waals surface area contributed by atoms with E-state index in [1.54, 1.807) is 14.2 Å². The van der Waals surface area contributed by atoms with E-state index in [9.17, 15) is 4.79 Å². The third-order valence-electron chi connectivity index (χ3n) is 2.79. The summed E-state index contributed by atoms with van der Waals surface area (Å²) in [6.07, 6.45) is 0. The first-order valence-electron chi connectivity index (χ1n) is 6.97. The molecule has 118 valence electrons. The van der Waals surface area contributed by atoms with Gasteiger partial charge in [-0.25, -0.2) is 0 Å². The van der Waals surface area contributed by atoms with Crippen molar-refractivity contribution >= 4 is 5.91 Å². The van der Waals surface area contributed by atoms with E-state index >= 15 is 0 Å². The summed E-state index contributed by atoms with van der Waals surface area (Å²) in [5, 5.41) is 5.83. The van der Waals surface area contributed by atoms with Crippen LogP contribution in [-0.4, -0.2) is 46.4 Å². The van der Waals surface area contributed by atoms with Crippen molar-refractivity contribution in [3.63, 3.8) is 0 Å². The number of hydrogen-bond acceptors (Lipinski definition) is 5. The Bertz CT molecular complexity index is 438. The lowest BCUT2D eigenvalue weighted by atomic mass is 10.2. The van der Waals surface area contributed by atoms with Crippen LogP contribution in [0.15, 0.2) is 18.2 Å². The number of benzene rings is 1. The summed E-state index contributed by atoms with van der Waals surface area (Å²) in [4.78, 5) is 11.6. The fraction of sp³-hybridized carbons (Fsp3) is 0.533. The molecule has 0 unspecified atom stereocenters. The van der Waals surface area contributed by atoms with Crippen LogP contribution < -0.4 is 20.1 Å². The van der Waals surface area contributed by atoms with Crippen molar-refractivity contribution in [2.75, 3.05) is 40.5 Å². The second-order valence-corrected chi connectivity index (χ2v) is 4.36. The van der Waals surface area contributed by atoms with Crippen LogP contribution in [0.25, 0.3) is 0 Å². The zero-order chi connectivity index (χ0) is 15.5. The summed E-state index contributed by atoms with van der Waals surface area (Å²) >= 11 is 0. The Kier molecular flexibility index (Phi) is 8.23. The van der Waals surface area contributed by atoms with E-state index in [-0.39, 0.29) is 12.5 Å². The molecule has 0 bridgehead atoms. The Morgan fingerprint density at radius 3 is 2.71 bits per heavy atom. The van der Waals surface area contributed by atoms with Crippen LogP contribution in [0.2, 0.25) is 0 Å². The van der Waals surface area contributed by atoms with Gasteiger partial charge in [-0.15, -0.1) is 0 Å². The van der Waals surface area contributed by atoms with E-state index < -0.39 is 0 Å². The van der Waals surface area contributed by atoms with Gasteiger partial charge in [0.05, 0.1) is 26.9 Å². The summed E-state index contributed by atoms with van der Waals surface area (Å²) < 4.78 is 15.6. The van der Waals surface area contributed by atoms with Gasteiger partial charge >= 0.3 is 0 Å². The van der Waals surface area contributed by atoms with Gasteiger partial charge in [-0.3, -0.25) is 4.79 Å². The van der Waals surface area contributed by atoms with Crippen molar-refractivity contribution in [1.82, 2.24) is 10.6 Å². The van der Waals surface area contributed by atoms with Crippen molar-refractivity contribution in [2.45, 2.75) is 13.5 Å². The minimum atomic E-state index is -0.0565. The molecule has 0 saturated carbocycles. The Balaban J connectivity index is 2.42. The summed E-state index contributed by atoms with van der Waals surface area (Å²) in [6.45, 7) is 4.47. The van der Waals surface area contributed by atoms with Gasteiger partial charge in [0.2, 0.25) is 5.91 Å². The first-order chi connectivity index (χ1) is 10.2. The standard InChI is InChI=1S/C15H24N2O4/c1-4-21-13-6-5-12(9-14(13)20-3)10-17-15(18)11-16-7-8-19-2/h5-6,9,16H,4,7-8,10-11H2,1-3H3,(H,17,18). The van der Waals surface area contributed by atoms with Gasteiger partial charge in [-0.2, -0.15) is 0 Å². The van der Waals surface area contributed by atoms with Crippen LogP contribution in [0, 0.1) is 0 Å². The molecule has 0 spiro atoms. The maximum absolute atomic E-state index is 11.6. The average molecular weight is 296 g/mol. The molecular weight excluding hydrogens is 272 g/mol. The molecule has 21 heavy (non-hydrogen) atoms. The highest BCUT2D eigenvalue weighted by Gasteiger charge is 2.06. The summed E-state index contributed by atoms with van der Waals surface area (Å²) in [7, 11) is 3.22. The minimum Gasteiger partial charge on any atom is -0.493 e. The summed E-state index contributed by atoms with van der Waals surface area (Å²) in [5.41, 5.74) is 0.959. The maximum atomic E-state index is 11.6. The van der Waals surface area contributed by atoms with Gasteiger partial charge in [0.15, 0.2) is 11.5 Å². The molecule has 6 heteroatoms. The number of methoxy groups -OCH3 is 2. The number of hydrogen-bond donors (Lipinski definition) is 2. The van der Waals surface area contributed by atoms with Crippen molar-refractivity contribution in [3.05, 3.63) is 23.8 Å². The molecule has 0 heterocycles. The van der Waals surface area contributed by atoms with E-state index in [4.69, 9.17) is 14.2 Å². The molecule has 0 aliphatic heterocycles. The van der Waals surface area contributed by atoms with Crippen molar-refractivity contribution in [1.29, 1.82) is 0 Å². The first-order valence-corrected chi connectivity index (χ1v) is 6.97. The van der Waals surface area contributed by atoms with Crippen molar-refractivity contribution < 1.29 is 19.0 Å². The molecule has 0 radical (unpaired) electrons. The van der Waals surface area contributed by atoms with E-state index in [2.05, 4.69) is 10.6 Å². The molecule has 1 rings (SSSR count). The molecule has 0 atom stereocenters. The lowest BCUT2D eigenvalue weighted by molar-refractivity contribution is -0.120. The smallest absolute Gasteiger partial charge is 0.234 e. The summed E-state index contributed by atoms with van der Waals surface area (Å²) in [5.74, 6) is 1.32. The van der Waals surface area contributed by atoms with Crippen molar-refractivity contribution in [2.24, 2.45) is 0 Å². The molecule has 1 amide bonds. The van der Waals surface area contributed by atoms with Crippen LogP contribution in [0.1, 0.15) is 12.5 Å². The number of carbonyl (C=O) groups excluding carboxylic acids is 1. The molecule has 2 N–H and O–H groups in total. The Morgan fingerprint density at radius 1 is 1.24 bits per heavy atom. The highest BCUT2D eigenvalue weighted by atomic mass is 16.5. The first kappa shape index (κ1) is 17.3. The number of ether oxygens (including phenoxy) is 3.